The lowest BCUT2D eigenvalue weighted by molar-refractivity contribution is 0.109. The van der Waals surface area contributed by atoms with E-state index in [1.807, 2.05) is 37.3 Å². The average molecular weight is 257 g/mol. The molecule has 0 saturated carbocycles. The lowest BCUT2D eigenvalue weighted by atomic mass is 10.1. The van der Waals surface area contributed by atoms with Crippen molar-refractivity contribution in [3.8, 4) is 11.8 Å². The molecule has 0 aliphatic rings. The molecule has 3 nitrogen and oxygen atoms in total. The Morgan fingerprint density at radius 1 is 1.42 bits per heavy atom. The molecule has 0 fully saturated rings. The predicted octanol–water partition coefficient (Wildman–Crippen LogP) is 3.40. The molecule has 1 aromatic carbocycles. The zero-order valence-electron chi connectivity index (χ0n) is 11.6. The van der Waals surface area contributed by atoms with Crippen LogP contribution in [-0.4, -0.2) is 24.6 Å². The van der Waals surface area contributed by atoms with Gasteiger partial charge in [0.1, 0.15) is 6.04 Å². The molecule has 3 heteroatoms. The summed E-state index contributed by atoms with van der Waals surface area (Å²) in [5.74, 6) is 5.98. The SMILES string of the molecule is C=C(C)C#CC(c1ccccc1)N(C)C(=O)OCC. The molecule has 0 aliphatic heterocycles. The summed E-state index contributed by atoms with van der Waals surface area (Å²) in [6.07, 6.45) is -0.382. The van der Waals surface area contributed by atoms with Crippen molar-refractivity contribution in [3.63, 3.8) is 0 Å². The van der Waals surface area contributed by atoms with Crippen LogP contribution in [0.2, 0.25) is 0 Å². The fourth-order valence-electron chi connectivity index (χ4n) is 1.56. The summed E-state index contributed by atoms with van der Waals surface area (Å²) >= 11 is 0. The number of ether oxygens (including phenoxy) is 1. The number of hydrogen-bond donors (Lipinski definition) is 0. The van der Waals surface area contributed by atoms with Gasteiger partial charge >= 0.3 is 6.09 Å². The Kier molecular flexibility index (Phi) is 5.69. The number of carbonyl (C=O) groups excluding carboxylic acids is 1. The highest BCUT2D eigenvalue weighted by atomic mass is 16.6. The number of rotatable bonds is 3. The van der Waals surface area contributed by atoms with Crippen LogP contribution in [0.3, 0.4) is 0 Å². The average Bonchev–Trinajstić information content (AvgIpc) is 2.40. The Labute approximate surface area is 114 Å². The van der Waals surface area contributed by atoms with Gasteiger partial charge in [0, 0.05) is 7.05 Å². The summed E-state index contributed by atoms with van der Waals surface area (Å²) in [5, 5.41) is 0. The van der Waals surface area contributed by atoms with Crippen LogP contribution in [0.25, 0.3) is 0 Å². The third-order valence-electron chi connectivity index (χ3n) is 2.48. The van der Waals surface area contributed by atoms with Gasteiger partial charge in [-0.3, -0.25) is 4.90 Å². The minimum absolute atomic E-state index is 0.336. The standard InChI is InChI=1S/C16H19NO2/c1-5-19-16(18)17(4)15(12-11-13(2)3)14-9-7-6-8-10-14/h6-10,15H,2,5H2,1,3-4H3. The van der Waals surface area contributed by atoms with Gasteiger partial charge < -0.3 is 4.74 Å². The lowest BCUT2D eigenvalue weighted by Gasteiger charge is -2.23. The monoisotopic (exact) mass is 257 g/mol. The number of benzene rings is 1. The maximum Gasteiger partial charge on any atom is 0.410 e. The quantitative estimate of drug-likeness (QED) is 0.777. The van der Waals surface area contributed by atoms with Gasteiger partial charge in [0.15, 0.2) is 0 Å². The highest BCUT2D eigenvalue weighted by Gasteiger charge is 2.20. The number of nitrogens with zero attached hydrogens (tertiary/aromatic N) is 1. The van der Waals surface area contributed by atoms with E-state index in [-0.39, 0.29) is 12.1 Å². The molecule has 0 N–H and O–H groups in total. The summed E-state index contributed by atoms with van der Waals surface area (Å²) in [6, 6.07) is 9.31. The first-order valence-corrected chi connectivity index (χ1v) is 6.17. The van der Waals surface area contributed by atoms with Crippen molar-refractivity contribution in [1.29, 1.82) is 0 Å². The number of amides is 1. The highest BCUT2D eigenvalue weighted by Crippen LogP contribution is 2.19. The van der Waals surface area contributed by atoms with Gasteiger partial charge in [-0.2, -0.15) is 0 Å². The van der Waals surface area contributed by atoms with Crippen LogP contribution >= 0.6 is 0 Å². The molecular formula is C16H19NO2. The second-order valence-electron chi connectivity index (χ2n) is 4.17. The Morgan fingerprint density at radius 3 is 2.58 bits per heavy atom. The third-order valence-corrected chi connectivity index (χ3v) is 2.48. The summed E-state index contributed by atoms with van der Waals surface area (Å²) in [7, 11) is 1.68. The van der Waals surface area contributed by atoms with Gasteiger partial charge in [0.05, 0.1) is 6.61 Å². The van der Waals surface area contributed by atoms with Crippen LogP contribution in [0.5, 0.6) is 0 Å². The molecule has 1 unspecified atom stereocenters. The van der Waals surface area contributed by atoms with Crippen molar-refractivity contribution in [3.05, 3.63) is 48.0 Å². The topological polar surface area (TPSA) is 29.5 Å². The van der Waals surface area contributed by atoms with Gasteiger partial charge in [-0.25, -0.2) is 4.79 Å². The Bertz CT molecular complexity index is 496. The molecule has 1 aromatic rings. The summed E-state index contributed by atoms with van der Waals surface area (Å²) in [5.41, 5.74) is 1.71. The fraction of sp³-hybridized carbons (Fsp3) is 0.312. The van der Waals surface area contributed by atoms with Crippen LogP contribution in [0.4, 0.5) is 4.79 Å². The van der Waals surface area contributed by atoms with Crippen LogP contribution in [0, 0.1) is 11.8 Å². The van der Waals surface area contributed by atoms with E-state index >= 15 is 0 Å². The summed E-state index contributed by atoms with van der Waals surface area (Å²) < 4.78 is 5.01. The van der Waals surface area contributed by atoms with Gasteiger partial charge in [0.25, 0.3) is 0 Å². The van der Waals surface area contributed by atoms with Crippen LogP contribution in [-0.2, 0) is 4.74 Å². The maximum absolute atomic E-state index is 11.8. The molecule has 100 valence electrons. The van der Waals surface area contributed by atoms with Crippen molar-refractivity contribution in [2.24, 2.45) is 0 Å². The van der Waals surface area contributed by atoms with Gasteiger partial charge in [-0.05, 0) is 25.0 Å². The van der Waals surface area contributed by atoms with Gasteiger partial charge in [0.2, 0.25) is 0 Å². The van der Waals surface area contributed by atoms with Crippen LogP contribution in [0.1, 0.15) is 25.5 Å². The summed E-state index contributed by atoms with van der Waals surface area (Å²) in [4.78, 5) is 13.3. The minimum atomic E-state index is -0.382. The number of allylic oxidation sites excluding steroid dienone is 1. The van der Waals surface area contributed by atoms with E-state index in [0.29, 0.717) is 6.61 Å². The zero-order chi connectivity index (χ0) is 14.3. The van der Waals surface area contributed by atoms with E-state index in [2.05, 4.69) is 18.4 Å². The molecule has 0 saturated heterocycles. The highest BCUT2D eigenvalue weighted by molar-refractivity contribution is 5.68. The van der Waals surface area contributed by atoms with Gasteiger partial charge in [-0.15, -0.1) is 0 Å². The summed E-state index contributed by atoms with van der Waals surface area (Å²) in [6.45, 7) is 7.71. The van der Waals surface area contributed by atoms with E-state index < -0.39 is 0 Å². The Balaban J connectivity index is 3.04. The van der Waals surface area contributed by atoms with Crippen molar-refractivity contribution >= 4 is 6.09 Å². The normalized spacial score (nSPS) is 10.9. The molecule has 1 amide bonds. The second-order valence-corrected chi connectivity index (χ2v) is 4.17. The Hall–Kier alpha value is -2.21. The van der Waals surface area contributed by atoms with Crippen molar-refractivity contribution in [2.45, 2.75) is 19.9 Å². The zero-order valence-corrected chi connectivity index (χ0v) is 11.6. The first kappa shape index (κ1) is 14.8. The van der Waals surface area contributed by atoms with E-state index in [4.69, 9.17) is 4.74 Å². The molecule has 0 radical (unpaired) electrons. The second kappa shape index (κ2) is 7.27. The third kappa shape index (κ3) is 4.51. The number of carbonyl (C=O) groups is 1. The van der Waals surface area contributed by atoms with E-state index in [1.54, 1.807) is 14.0 Å². The lowest BCUT2D eigenvalue weighted by Crippen LogP contribution is -2.31. The van der Waals surface area contributed by atoms with Crippen molar-refractivity contribution in [2.75, 3.05) is 13.7 Å². The predicted molar refractivity (Wildman–Crippen MR) is 76.6 cm³/mol. The van der Waals surface area contributed by atoms with Crippen molar-refractivity contribution < 1.29 is 9.53 Å². The van der Waals surface area contributed by atoms with E-state index in [9.17, 15) is 4.79 Å². The fourth-order valence-corrected chi connectivity index (χ4v) is 1.56. The maximum atomic E-state index is 11.8. The molecule has 0 bridgehead atoms. The molecule has 19 heavy (non-hydrogen) atoms. The molecule has 1 atom stereocenters. The van der Waals surface area contributed by atoms with E-state index in [0.717, 1.165) is 11.1 Å². The molecule has 0 aromatic heterocycles. The van der Waals surface area contributed by atoms with Crippen LogP contribution < -0.4 is 0 Å². The smallest absolute Gasteiger partial charge is 0.410 e. The largest absolute Gasteiger partial charge is 0.450 e. The Morgan fingerprint density at radius 2 is 2.05 bits per heavy atom. The molecular weight excluding hydrogens is 238 g/mol. The van der Waals surface area contributed by atoms with Gasteiger partial charge in [-0.1, -0.05) is 48.8 Å². The number of hydrogen-bond acceptors (Lipinski definition) is 2. The molecule has 0 heterocycles. The first-order valence-electron chi connectivity index (χ1n) is 6.17. The minimum Gasteiger partial charge on any atom is -0.450 e. The molecule has 1 rings (SSSR count). The van der Waals surface area contributed by atoms with Crippen LogP contribution in [0.15, 0.2) is 42.5 Å². The van der Waals surface area contributed by atoms with Crippen molar-refractivity contribution in [1.82, 2.24) is 4.90 Å². The van der Waals surface area contributed by atoms with E-state index in [1.165, 1.54) is 4.90 Å². The molecule has 0 spiro atoms. The molecule has 0 aliphatic carbocycles. The first-order chi connectivity index (χ1) is 9.06.